The summed E-state index contributed by atoms with van der Waals surface area (Å²) in [6.45, 7) is 0.270. The van der Waals surface area contributed by atoms with Crippen LogP contribution in [0.2, 0.25) is 5.02 Å². The van der Waals surface area contributed by atoms with Crippen LogP contribution in [0.25, 0.3) is 11.0 Å². The fourth-order valence-corrected chi connectivity index (χ4v) is 3.43. The van der Waals surface area contributed by atoms with Crippen molar-refractivity contribution in [1.29, 1.82) is 0 Å². The minimum absolute atomic E-state index is 0.108. The Hall–Kier alpha value is -2.09. The van der Waals surface area contributed by atoms with Gasteiger partial charge in [-0.25, -0.2) is 17.9 Å². The Kier molecular flexibility index (Phi) is 4.25. The normalized spacial score (nSPS) is 11.9. The molecular weight excluding hydrogens is 338 g/mol. The predicted molar refractivity (Wildman–Crippen MR) is 89.3 cm³/mol. The molecule has 6 nitrogen and oxygen atoms in total. The molecule has 0 saturated heterocycles. The zero-order valence-electron chi connectivity index (χ0n) is 12.0. The molecule has 0 atom stereocenters. The molecule has 3 rings (SSSR count). The van der Waals surface area contributed by atoms with Crippen LogP contribution in [0.3, 0.4) is 0 Å². The van der Waals surface area contributed by atoms with Crippen molar-refractivity contribution in [2.24, 2.45) is 0 Å². The largest absolute Gasteiger partial charge is 0.323 e. The molecule has 0 amide bonds. The lowest BCUT2D eigenvalue weighted by atomic mass is 10.2. The van der Waals surface area contributed by atoms with Gasteiger partial charge in [-0.15, -0.1) is 0 Å². The summed E-state index contributed by atoms with van der Waals surface area (Å²) >= 11 is 5.81. The summed E-state index contributed by atoms with van der Waals surface area (Å²) in [7, 11) is -3.63. The highest BCUT2D eigenvalue weighted by molar-refractivity contribution is 7.89. The summed E-state index contributed by atoms with van der Waals surface area (Å²) < 4.78 is 27.1. The molecule has 0 radical (unpaired) electrons. The van der Waals surface area contributed by atoms with E-state index in [9.17, 15) is 13.2 Å². The minimum Gasteiger partial charge on any atom is -0.306 e. The number of hydrogen-bond acceptors (Lipinski definition) is 3. The summed E-state index contributed by atoms with van der Waals surface area (Å²) in [5.41, 5.74) is 1.64. The number of benzene rings is 2. The van der Waals surface area contributed by atoms with Gasteiger partial charge in [0.1, 0.15) is 0 Å². The standard InChI is InChI=1S/C15H14ClN3O3S/c16-11-3-1-10(2-4-11)7-8-17-23(21,22)12-5-6-13-14(9-12)19-15(20)18-13/h1-6,9,17H,7-8H2,(H2,18,19,20). The number of aromatic nitrogens is 2. The lowest BCUT2D eigenvalue weighted by Gasteiger charge is -2.07. The Balaban J connectivity index is 1.72. The fraction of sp³-hybridized carbons (Fsp3) is 0.133. The van der Waals surface area contributed by atoms with Gasteiger partial charge in [0.2, 0.25) is 10.0 Å². The van der Waals surface area contributed by atoms with E-state index in [0.29, 0.717) is 22.5 Å². The molecule has 0 bridgehead atoms. The van der Waals surface area contributed by atoms with Crippen LogP contribution in [-0.2, 0) is 16.4 Å². The van der Waals surface area contributed by atoms with Crippen molar-refractivity contribution in [3.63, 3.8) is 0 Å². The summed E-state index contributed by atoms with van der Waals surface area (Å²) in [5.74, 6) is 0. The van der Waals surface area contributed by atoms with Gasteiger partial charge in [-0.1, -0.05) is 23.7 Å². The SMILES string of the molecule is O=c1[nH]c2ccc(S(=O)(=O)NCCc3ccc(Cl)cc3)cc2[nH]1. The van der Waals surface area contributed by atoms with Gasteiger partial charge in [0.15, 0.2) is 0 Å². The van der Waals surface area contributed by atoms with Crippen molar-refractivity contribution in [2.75, 3.05) is 6.54 Å². The highest BCUT2D eigenvalue weighted by Gasteiger charge is 2.14. The Bertz CT molecular complexity index is 991. The molecular formula is C15H14ClN3O3S. The van der Waals surface area contributed by atoms with Gasteiger partial charge < -0.3 is 9.97 Å². The first-order valence-corrected chi connectivity index (χ1v) is 8.76. The number of hydrogen-bond donors (Lipinski definition) is 3. The number of rotatable bonds is 5. The third kappa shape index (κ3) is 3.64. The Morgan fingerprint density at radius 3 is 2.43 bits per heavy atom. The fourth-order valence-electron chi connectivity index (χ4n) is 2.24. The van der Waals surface area contributed by atoms with E-state index >= 15 is 0 Å². The Morgan fingerprint density at radius 2 is 1.70 bits per heavy atom. The topological polar surface area (TPSA) is 94.8 Å². The van der Waals surface area contributed by atoms with Crippen molar-refractivity contribution in [3.05, 3.63) is 63.5 Å². The van der Waals surface area contributed by atoms with Crippen LogP contribution in [0.5, 0.6) is 0 Å². The maximum absolute atomic E-state index is 12.3. The van der Waals surface area contributed by atoms with Crippen LogP contribution < -0.4 is 10.4 Å². The van der Waals surface area contributed by atoms with Crippen LogP contribution in [0, 0.1) is 0 Å². The molecule has 8 heteroatoms. The molecule has 0 aliphatic rings. The van der Waals surface area contributed by atoms with Crippen molar-refractivity contribution < 1.29 is 8.42 Å². The first kappa shape index (κ1) is 15.8. The second-order valence-electron chi connectivity index (χ2n) is 5.06. The van der Waals surface area contributed by atoms with Crippen molar-refractivity contribution in [2.45, 2.75) is 11.3 Å². The van der Waals surface area contributed by atoms with Crippen LogP contribution in [0.4, 0.5) is 0 Å². The van der Waals surface area contributed by atoms with Crippen LogP contribution in [-0.4, -0.2) is 24.9 Å². The van der Waals surface area contributed by atoms with E-state index in [0.717, 1.165) is 5.56 Å². The van der Waals surface area contributed by atoms with E-state index in [-0.39, 0.29) is 17.1 Å². The number of imidazole rings is 1. The number of halogens is 1. The molecule has 3 aromatic rings. The Morgan fingerprint density at radius 1 is 1.00 bits per heavy atom. The first-order chi connectivity index (χ1) is 10.9. The summed E-state index contributed by atoms with van der Waals surface area (Å²) in [6.07, 6.45) is 0.555. The number of sulfonamides is 1. The number of fused-ring (bicyclic) bond motifs is 1. The van der Waals surface area contributed by atoms with Gasteiger partial charge >= 0.3 is 5.69 Å². The van der Waals surface area contributed by atoms with Gasteiger partial charge in [-0.2, -0.15) is 0 Å². The maximum atomic E-state index is 12.3. The lowest BCUT2D eigenvalue weighted by molar-refractivity contribution is 0.582. The summed E-state index contributed by atoms with van der Waals surface area (Å²) in [6, 6.07) is 11.7. The van der Waals surface area contributed by atoms with Gasteiger partial charge in [0, 0.05) is 11.6 Å². The smallest absolute Gasteiger partial charge is 0.306 e. The molecule has 0 unspecified atom stereocenters. The first-order valence-electron chi connectivity index (χ1n) is 6.90. The number of aromatic amines is 2. The molecule has 0 spiro atoms. The van der Waals surface area contributed by atoms with Crippen molar-refractivity contribution >= 4 is 32.7 Å². The van der Waals surface area contributed by atoms with Crippen LogP contribution >= 0.6 is 11.6 Å². The van der Waals surface area contributed by atoms with Gasteiger partial charge in [-0.3, -0.25) is 0 Å². The minimum atomic E-state index is -3.63. The molecule has 0 fully saturated rings. The third-order valence-electron chi connectivity index (χ3n) is 3.42. The second kappa shape index (κ2) is 6.19. The molecule has 0 saturated carbocycles. The molecule has 0 aliphatic heterocycles. The van der Waals surface area contributed by atoms with Crippen LogP contribution in [0.1, 0.15) is 5.56 Å². The van der Waals surface area contributed by atoms with Gasteiger partial charge in [0.05, 0.1) is 15.9 Å². The van der Waals surface area contributed by atoms with Crippen molar-refractivity contribution in [3.8, 4) is 0 Å². The molecule has 0 aliphatic carbocycles. The highest BCUT2D eigenvalue weighted by atomic mass is 35.5. The zero-order chi connectivity index (χ0) is 16.4. The van der Waals surface area contributed by atoms with Gasteiger partial charge in [-0.05, 0) is 42.3 Å². The molecule has 1 aromatic heterocycles. The monoisotopic (exact) mass is 351 g/mol. The third-order valence-corrected chi connectivity index (χ3v) is 5.13. The Labute approximate surface area is 137 Å². The molecule has 2 aromatic carbocycles. The van der Waals surface area contributed by atoms with Crippen LogP contribution in [0.15, 0.2) is 52.2 Å². The maximum Gasteiger partial charge on any atom is 0.323 e. The molecule has 1 heterocycles. The lowest BCUT2D eigenvalue weighted by Crippen LogP contribution is -2.26. The average molecular weight is 352 g/mol. The average Bonchev–Trinajstić information content (AvgIpc) is 2.88. The van der Waals surface area contributed by atoms with E-state index in [1.54, 1.807) is 18.2 Å². The zero-order valence-corrected chi connectivity index (χ0v) is 13.5. The molecule has 120 valence electrons. The van der Waals surface area contributed by atoms with E-state index < -0.39 is 10.0 Å². The number of H-pyrrole nitrogens is 2. The van der Waals surface area contributed by atoms with Gasteiger partial charge in [0.25, 0.3) is 0 Å². The summed E-state index contributed by atoms with van der Waals surface area (Å²) in [5, 5.41) is 0.642. The van der Waals surface area contributed by atoms with E-state index in [1.165, 1.54) is 12.1 Å². The predicted octanol–water partition coefficient (Wildman–Crippen LogP) is 2.03. The molecule has 23 heavy (non-hydrogen) atoms. The van der Waals surface area contributed by atoms with E-state index in [1.807, 2.05) is 12.1 Å². The van der Waals surface area contributed by atoms with Crippen molar-refractivity contribution in [1.82, 2.24) is 14.7 Å². The quantitative estimate of drug-likeness (QED) is 0.656. The number of nitrogens with one attached hydrogen (secondary N) is 3. The second-order valence-corrected chi connectivity index (χ2v) is 7.26. The highest BCUT2D eigenvalue weighted by Crippen LogP contribution is 2.15. The van der Waals surface area contributed by atoms with E-state index in [2.05, 4.69) is 14.7 Å². The molecule has 3 N–H and O–H groups in total. The summed E-state index contributed by atoms with van der Waals surface area (Å²) in [4.78, 5) is 16.4. The van der Waals surface area contributed by atoms with E-state index in [4.69, 9.17) is 11.6 Å².